The number of furan rings is 1. The Kier molecular flexibility index (Phi) is 5.48. The fraction of sp³-hybridized carbons (Fsp3) is 0.100. The molecule has 29 heavy (non-hydrogen) atoms. The van der Waals surface area contributed by atoms with Crippen molar-refractivity contribution < 1.29 is 18.7 Å². The molecule has 4 rings (SSSR count). The Morgan fingerprint density at radius 1 is 1.10 bits per heavy atom. The Bertz CT molecular complexity index is 1130. The molecule has 0 saturated heterocycles. The summed E-state index contributed by atoms with van der Waals surface area (Å²) < 4.78 is 10.6. The van der Waals surface area contributed by atoms with Crippen LogP contribution in [0.3, 0.4) is 0 Å². The summed E-state index contributed by atoms with van der Waals surface area (Å²) in [6.45, 7) is -0.173. The first-order chi connectivity index (χ1) is 14.2. The van der Waals surface area contributed by atoms with E-state index in [-0.39, 0.29) is 13.2 Å². The second kappa shape index (κ2) is 8.53. The predicted molar refractivity (Wildman–Crippen MR) is 107 cm³/mol. The maximum atomic E-state index is 12.0. The molecule has 4 aromatic rings. The van der Waals surface area contributed by atoms with Crippen molar-refractivity contribution >= 4 is 33.5 Å². The van der Waals surface area contributed by atoms with Crippen molar-refractivity contribution in [1.82, 2.24) is 20.6 Å². The summed E-state index contributed by atoms with van der Waals surface area (Å²) in [5, 5.41) is 5.43. The highest BCUT2D eigenvalue weighted by molar-refractivity contribution is 7.21. The molecule has 8 nitrogen and oxygen atoms in total. The zero-order chi connectivity index (χ0) is 20.1. The van der Waals surface area contributed by atoms with Crippen LogP contribution in [0.1, 0.15) is 5.76 Å². The van der Waals surface area contributed by atoms with Crippen LogP contribution in [0.2, 0.25) is 0 Å². The van der Waals surface area contributed by atoms with Gasteiger partial charge in [0.25, 0.3) is 5.91 Å². The van der Waals surface area contributed by atoms with E-state index in [1.54, 1.807) is 12.1 Å². The van der Waals surface area contributed by atoms with E-state index in [9.17, 15) is 9.59 Å². The molecule has 146 valence electrons. The predicted octanol–water partition coefficient (Wildman–Crippen LogP) is 3.36. The van der Waals surface area contributed by atoms with Gasteiger partial charge in [0.15, 0.2) is 6.61 Å². The minimum atomic E-state index is -0.635. The van der Waals surface area contributed by atoms with Crippen LogP contribution in [0.15, 0.2) is 65.5 Å². The first-order valence-electron chi connectivity index (χ1n) is 8.72. The van der Waals surface area contributed by atoms with Crippen molar-refractivity contribution in [3.63, 3.8) is 0 Å². The zero-order valence-corrected chi connectivity index (χ0v) is 15.9. The highest BCUT2D eigenvalue weighted by atomic mass is 32.1. The minimum absolute atomic E-state index is 0.177. The molecule has 0 spiro atoms. The molecule has 2 N–H and O–H groups in total. The highest BCUT2D eigenvalue weighted by Gasteiger charge is 2.14. The Balaban J connectivity index is 1.37. The first-order valence-corrected chi connectivity index (χ1v) is 9.53. The highest BCUT2D eigenvalue weighted by Crippen LogP contribution is 2.35. The summed E-state index contributed by atoms with van der Waals surface area (Å²) in [5.41, 5.74) is 1.06. The molecule has 3 amide bonds. The molecule has 0 unspecified atom stereocenters. The van der Waals surface area contributed by atoms with Gasteiger partial charge in [0.1, 0.15) is 16.9 Å². The molecule has 0 aliphatic heterocycles. The van der Waals surface area contributed by atoms with Crippen molar-refractivity contribution in [2.45, 2.75) is 6.54 Å². The number of carbonyl (C=O) groups excluding carboxylic acids is 2. The number of nitrogens with zero attached hydrogens (tertiary/aromatic N) is 2. The van der Waals surface area contributed by atoms with Crippen molar-refractivity contribution in [2.24, 2.45) is 0 Å². The molecule has 0 radical (unpaired) electrons. The third-order valence-electron chi connectivity index (χ3n) is 3.95. The first kappa shape index (κ1) is 18.6. The summed E-state index contributed by atoms with van der Waals surface area (Å²) in [6.07, 6.45) is 2.89. The molecule has 0 aliphatic carbocycles. The summed E-state index contributed by atoms with van der Waals surface area (Å²) in [6, 6.07) is 14.6. The SMILES string of the molecule is O=C(COc1ncnc2sc(-c3ccccc3)cc12)NC(=O)NCc1ccco1. The number of rotatable bonds is 6. The van der Waals surface area contributed by atoms with Crippen LogP contribution in [0.5, 0.6) is 5.88 Å². The maximum Gasteiger partial charge on any atom is 0.321 e. The van der Waals surface area contributed by atoms with Crippen LogP contribution in [0.25, 0.3) is 20.7 Å². The number of urea groups is 1. The van der Waals surface area contributed by atoms with E-state index < -0.39 is 11.9 Å². The number of thiophene rings is 1. The van der Waals surface area contributed by atoms with Gasteiger partial charge in [-0.1, -0.05) is 30.3 Å². The summed E-state index contributed by atoms with van der Waals surface area (Å²) in [4.78, 5) is 33.9. The number of hydrogen-bond acceptors (Lipinski definition) is 7. The number of carbonyl (C=O) groups is 2. The average Bonchev–Trinajstić information content (AvgIpc) is 3.41. The Morgan fingerprint density at radius 3 is 2.76 bits per heavy atom. The van der Waals surface area contributed by atoms with E-state index in [4.69, 9.17) is 9.15 Å². The number of fused-ring (bicyclic) bond motifs is 1. The normalized spacial score (nSPS) is 10.6. The molecular weight excluding hydrogens is 392 g/mol. The molecule has 0 aliphatic rings. The number of hydrogen-bond donors (Lipinski definition) is 2. The van der Waals surface area contributed by atoms with Gasteiger partial charge in [-0.2, -0.15) is 0 Å². The molecule has 0 saturated carbocycles. The molecule has 3 aromatic heterocycles. The second-order valence-electron chi connectivity index (χ2n) is 5.97. The molecule has 0 fully saturated rings. The van der Waals surface area contributed by atoms with E-state index in [0.717, 1.165) is 15.3 Å². The van der Waals surface area contributed by atoms with Crippen LogP contribution < -0.4 is 15.4 Å². The molecule has 0 atom stereocenters. The quantitative estimate of drug-likeness (QED) is 0.507. The van der Waals surface area contributed by atoms with Crippen LogP contribution >= 0.6 is 11.3 Å². The zero-order valence-electron chi connectivity index (χ0n) is 15.1. The van der Waals surface area contributed by atoms with E-state index in [1.165, 1.54) is 23.9 Å². The van der Waals surface area contributed by atoms with Gasteiger partial charge in [-0.3, -0.25) is 10.1 Å². The molecule has 3 heterocycles. The van der Waals surface area contributed by atoms with Gasteiger partial charge in [-0.25, -0.2) is 14.8 Å². The topological polar surface area (TPSA) is 106 Å². The fourth-order valence-corrected chi connectivity index (χ4v) is 3.61. The maximum absolute atomic E-state index is 12.0. The monoisotopic (exact) mass is 408 g/mol. The molecule has 9 heteroatoms. The van der Waals surface area contributed by atoms with Gasteiger partial charge in [0, 0.05) is 4.88 Å². The molecule has 1 aromatic carbocycles. The third kappa shape index (κ3) is 4.58. The lowest BCUT2D eigenvalue weighted by Crippen LogP contribution is -2.41. The second-order valence-corrected chi connectivity index (χ2v) is 7.00. The van der Waals surface area contributed by atoms with E-state index in [2.05, 4.69) is 20.6 Å². The van der Waals surface area contributed by atoms with Gasteiger partial charge < -0.3 is 14.5 Å². The lowest BCUT2D eigenvalue weighted by molar-refractivity contribution is -0.122. The largest absolute Gasteiger partial charge is 0.467 e. The summed E-state index contributed by atoms with van der Waals surface area (Å²) in [5.74, 6) is 0.283. The van der Waals surface area contributed by atoms with Gasteiger partial charge in [0.2, 0.25) is 5.88 Å². The lowest BCUT2D eigenvalue weighted by atomic mass is 10.2. The lowest BCUT2D eigenvalue weighted by Gasteiger charge is -2.07. The summed E-state index contributed by atoms with van der Waals surface area (Å²) >= 11 is 1.51. The number of amides is 3. The van der Waals surface area contributed by atoms with Gasteiger partial charge in [-0.05, 0) is 23.8 Å². The van der Waals surface area contributed by atoms with E-state index in [0.29, 0.717) is 17.0 Å². The van der Waals surface area contributed by atoms with Crippen molar-refractivity contribution in [3.8, 4) is 16.3 Å². The number of ether oxygens (including phenoxy) is 1. The van der Waals surface area contributed by atoms with E-state index >= 15 is 0 Å². The van der Waals surface area contributed by atoms with Crippen molar-refractivity contribution in [2.75, 3.05) is 6.61 Å². The molecular formula is C20H16N4O4S. The van der Waals surface area contributed by atoms with Crippen LogP contribution in [-0.2, 0) is 11.3 Å². The average molecular weight is 408 g/mol. The number of benzene rings is 1. The fourth-order valence-electron chi connectivity index (χ4n) is 2.61. The van der Waals surface area contributed by atoms with Crippen molar-refractivity contribution in [3.05, 3.63) is 66.9 Å². The third-order valence-corrected chi connectivity index (χ3v) is 5.04. The Labute approximate surface area is 169 Å². The van der Waals surface area contributed by atoms with Crippen LogP contribution in [-0.4, -0.2) is 28.5 Å². The van der Waals surface area contributed by atoms with Crippen LogP contribution in [0.4, 0.5) is 4.79 Å². The van der Waals surface area contributed by atoms with E-state index in [1.807, 2.05) is 36.4 Å². The van der Waals surface area contributed by atoms with Gasteiger partial charge >= 0.3 is 6.03 Å². The summed E-state index contributed by atoms with van der Waals surface area (Å²) in [7, 11) is 0. The number of nitrogens with one attached hydrogen (secondary N) is 2. The number of aromatic nitrogens is 2. The van der Waals surface area contributed by atoms with Crippen molar-refractivity contribution in [1.29, 1.82) is 0 Å². The van der Waals surface area contributed by atoms with Gasteiger partial charge in [-0.15, -0.1) is 11.3 Å². The van der Waals surface area contributed by atoms with Gasteiger partial charge in [0.05, 0.1) is 18.2 Å². The smallest absolute Gasteiger partial charge is 0.321 e. The molecule has 0 bridgehead atoms. The Hall–Kier alpha value is -3.72. The minimum Gasteiger partial charge on any atom is -0.467 e. The Morgan fingerprint density at radius 2 is 1.97 bits per heavy atom. The standard InChI is InChI=1S/C20H16N4O4S/c25-17(24-20(26)21-10-14-7-4-8-27-14)11-28-18-15-9-16(13-5-2-1-3-6-13)29-19(15)23-12-22-18/h1-9,12H,10-11H2,(H2,21,24,25,26). The van der Waals surface area contributed by atoms with Crippen LogP contribution in [0, 0.1) is 0 Å². The number of imide groups is 1.